The first kappa shape index (κ1) is 12.5. The van der Waals surface area contributed by atoms with Gasteiger partial charge in [-0.3, -0.25) is 4.79 Å². The fourth-order valence-electron chi connectivity index (χ4n) is 1.69. The molecule has 84 valence electrons. The Balaban J connectivity index is 2.53. The number of carbonyl (C=O) groups excluding carboxylic acids is 1. The topological polar surface area (TPSA) is 20.3 Å². The van der Waals surface area contributed by atoms with Gasteiger partial charge in [-0.05, 0) is 18.9 Å². The van der Waals surface area contributed by atoms with E-state index in [4.69, 9.17) is 0 Å². The van der Waals surface area contributed by atoms with E-state index in [1.54, 1.807) is 0 Å². The summed E-state index contributed by atoms with van der Waals surface area (Å²) in [6, 6.07) is 0. The molecule has 1 aliphatic rings. The van der Waals surface area contributed by atoms with Crippen molar-refractivity contribution >= 4 is 21.7 Å². The van der Waals surface area contributed by atoms with Gasteiger partial charge in [0.05, 0.1) is 5.33 Å². The first-order chi connectivity index (χ1) is 7.19. The number of ketones is 1. The summed E-state index contributed by atoms with van der Waals surface area (Å²) >= 11 is 3.20. The molecule has 1 rings (SSSR count). The number of rotatable bonds is 5. The molecule has 0 spiro atoms. The minimum absolute atomic E-state index is 0.0724. The highest BCUT2D eigenvalue weighted by Crippen LogP contribution is 2.19. The fraction of sp³-hybridized carbons (Fsp3) is 0.583. The number of Topliss-reactive ketones (excluding diaryl/α,β-unsaturated/α-hetero) is 1. The summed E-state index contributed by atoms with van der Waals surface area (Å²) in [6.45, 7) is 3.23. The average Bonchev–Trinajstić information content (AvgIpc) is 2.28. The predicted octanol–water partition coefficient (Wildman–Crippen LogP) is 2.75. The Morgan fingerprint density at radius 1 is 1.67 bits per heavy atom. The van der Waals surface area contributed by atoms with E-state index < -0.39 is 0 Å². The lowest BCUT2D eigenvalue weighted by Gasteiger charge is -2.23. The molecule has 0 heterocycles. The summed E-state index contributed by atoms with van der Waals surface area (Å²) < 4.78 is 0. The third kappa shape index (κ3) is 3.49. The molecule has 0 bridgehead atoms. The Kier molecular flexibility index (Phi) is 5.09. The summed E-state index contributed by atoms with van der Waals surface area (Å²) in [4.78, 5) is 13.7. The molecule has 1 atom stereocenters. The summed E-state index contributed by atoms with van der Waals surface area (Å²) in [5.74, 6) is 0.336. The second kappa shape index (κ2) is 6.11. The molecule has 0 N–H and O–H groups in total. The van der Waals surface area contributed by atoms with Crippen molar-refractivity contribution in [1.29, 1.82) is 0 Å². The van der Waals surface area contributed by atoms with Gasteiger partial charge in [0.25, 0.3) is 0 Å². The molecule has 0 aliphatic heterocycles. The van der Waals surface area contributed by atoms with Gasteiger partial charge >= 0.3 is 0 Å². The Hall–Kier alpha value is -0.570. The van der Waals surface area contributed by atoms with Crippen LogP contribution in [0, 0.1) is 5.92 Å². The summed E-state index contributed by atoms with van der Waals surface area (Å²) in [5.41, 5.74) is 1.23. The van der Waals surface area contributed by atoms with Gasteiger partial charge in [0.15, 0.2) is 5.78 Å². The van der Waals surface area contributed by atoms with Gasteiger partial charge in [-0.15, -0.1) is 0 Å². The molecule has 1 unspecified atom stereocenters. The molecule has 0 aromatic rings. The highest BCUT2D eigenvalue weighted by atomic mass is 79.9. The van der Waals surface area contributed by atoms with Crippen LogP contribution >= 0.6 is 15.9 Å². The Morgan fingerprint density at radius 3 is 2.87 bits per heavy atom. The van der Waals surface area contributed by atoms with E-state index in [1.165, 1.54) is 5.70 Å². The maximum Gasteiger partial charge on any atom is 0.150 e. The molecular weight excluding hydrogens is 254 g/mol. The van der Waals surface area contributed by atoms with Crippen LogP contribution in [-0.4, -0.2) is 29.6 Å². The van der Waals surface area contributed by atoms with Gasteiger partial charge in [-0.2, -0.15) is 0 Å². The molecular formula is C12H18BrNO. The number of hydrogen-bond acceptors (Lipinski definition) is 2. The molecule has 0 radical (unpaired) electrons. The molecule has 0 aromatic heterocycles. The lowest BCUT2D eigenvalue weighted by atomic mass is 9.95. The molecule has 0 saturated heterocycles. The molecule has 2 nitrogen and oxygen atoms in total. The maximum absolute atomic E-state index is 11.4. The van der Waals surface area contributed by atoms with Crippen LogP contribution in [0.1, 0.15) is 19.8 Å². The van der Waals surface area contributed by atoms with Crippen molar-refractivity contribution in [2.45, 2.75) is 19.8 Å². The molecule has 0 fully saturated rings. The SMILES string of the molecule is CCCN(C)C1=CCC(C(=O)CBr)C=C1. The number of carbonyl (C=O) groups is 1. The lowest BCUT2D eigenvalue weighted by Crippen LogP contribution is -2.21. The Morgan fingerprint density at radius 2 is 2.40 bits per heavy atom. The van der Waals surface area contributed by atoms with Crippen molar-refractivity contribution in [3.05, 3.63) is 23.9 Å². The van der Waals surface area contributed by atoms with Crippen LogP contribution in [0.15, 0.2) is 23.9 Å². The van der Waals surface area contributed by atoms with E-state index in [-0.39, 0.29) is 11.7 Å². The minimum atomic E-state index is 0.0724. The maximum atomic E-state index is 11.4. The first-order valence-electron chi connectivity index (χ1n) is 5.37. The quantitative estimate of drug-likeness (QED) is 0.717. The van der Waals surface area contributed by atoms with E-state index in [1.807, 2.05) is 6.08 Å². The van der Waals surface area contributed by atoms with Crippen molar-refractivity contribution in [1.82, 2.24) is 4.90 Å². The largest absolute Gasteiger partial charge is 0.375 e. The van der Waals surface area contributed by atoms with Crippen LogP contribution in [-0.2, 0) is 4.79 Å². The molecule has 15 heavy (non-hydrogen) atoms. The van der Waals surface area contributed by atoms with Crippen molar-refractivity contribution in [2.75, 3.05) is 18.9 Å². The number of hydrogen-bond donors (Lipinski definition) is 0. The summed E-state index contributed by atoms with van der Waals surface area (Å²) in [6.07, 6.45) is 8.21. The molecule has 0 amide bonds. The van der Waals surface area contributed by atoms with Crippen LogP contribution < -0.4 is 0 Å². The zero-order valence-electron chi connectivity index (χ0n) is 9.37. The van der Waals surface area contributed by atoms with Gasteiger partial charge in [-0.25, -0.2) is 0 Å². The Labute approximate surface area is 100 Å². The predicted molar refractivity (Wildman–Crippen MR) is 67.1 cm³/mol. The third-order valence-electron chi connectivity index (χ3n) is 2.63. The summed E-state index contributed by atoms with van der Waals surface area (Å²) in [5, 5.41) is 0.454. The van der Waals surface area contributed by atoms with Gasteiger partial charge in [0.1, 0.15) is 0 Å². The van der Waals surface area contributed by atoms with Crippen molar-refractivity contribution in [2.24, 2.45) is 5.92 Å². The first-order valence-corrected chi connectivity index (χ1v) is 6.49. The van der Waals surface area contributed by atoms with Crippen LogP contribution in [0.5, 0.6) is 0 Å². The smallest absolute Gasteiger partial charge is 0.150 e. The Bertz CT molecular complexity index is 283. The van der Waals surface area contributed by atoms with Crippen molar-refractivity contribution < 1.29 is 4.79 Å². The molecule has 3 heteroatoms. The fourth-order valence-corrected chi connectivity index (χ4v) is 2.11. The normalized spacial score (nSPS) is 19.9. The standard InChI is InChI=1S/C12H18BrNO/c1-3-8-14(2)11-6-4-10(5-7-11)12(15)9-13/h4,6-7,10H,3,5,8-9H2,1-2H3. The number of alkyl halides is 1. The lowest BCUT2D eigenvalue weighted by molar-refractivity contribution is -0.118. The molecule has 1 aliphatic carbocycles. The van der Waals surface area contributed by atoms with Crippen molar-refractivity contribution in [3.63, 3.8) is 0 Å². The van der Waals surface area contributed by atoms with Gasteiger partial charge in [0.2, 0.25) is 0 Å². The zero-order chi connectivity index (χ0) is 11.3. The second-order valence-electron chi connectivity index (χ2n) is 3.85. The van der Waals surface area contributed by atoms with Gasteiger partial charge in [0, 0.05) is 25.2 Å². The highest BCUT2D eigenvalue weighted by molar-refractivity contribution is 9.09. The van der Waals surface area contributed by atoms with E-state index in [9.17, 15) is 4.79 Å². The van der Waals surface area contributed by atoms with Crippen molar-refractivity contribution in [3.8, 4) is 0 Å². The summed E-state index contributed by atoms with van der Waals surface area (Å²) in [7, 11) is 2.09. The average molecular weight is 272 g/mol. The number of nitrogens with zero attached hydrogens (tertiary/aromatic N) is 1. The van der Waals surface area contributed by atoms with Gasteiger partial charge in [-0.1, -0.05) is 35.0 Å². The highest BCUT2D eigenvalue weighted by Gasteiger charge is 2.16. The van der Waals surface area contributed by atoms with E-state index in [2.05, 4.69) is 47.0 Å². The van der Waals surface area contributed by atoms with E-state index in [0.29, 0.717) is 5.33 Å². The van der Waals surface area contributed by atoms with Gasteiger partial charge < -0.3 is 4.90 Å². The molecule has 0 saturated carbocycles. The van der Waals surface area contributed by atoms with E-state index in [0.717, 1.165) is 19.4 Å². The van der Waals surface area contributed by atoms with Crippen LogP contribution in [0.2, 0.25) is 0 Å². The number of likely N-dealkylation sites (N-methyl/N-ethyl adjacent to an activating group) is 1. The third-order valence-corrected chi connectivity index (χ3v) is 3.18. The monoisotopic (exact) mass is 271 g/mol. The van der Waals surface area contributed by atoms with E-state index >= 15 is 0 Å². The van der Waals surface area contributed by atoms with Crippen LogP contribution in [0.25, 0.3) is 0 Å². The van der Waals surface area contributed by atoms with Crippen LogP contribution in [0.4, 0.5) is 0 Å². The minimum Gasteiger partial charge on any atom is -0.375 e. The van der Waals surface area contributed by atoms with Crippen LogP contribution in [0.3, 0.4) is 0 Å². The zero-order valence-corrected chi connectivity index (χ0v) is 11.0. The second-order valence-corrected chi connectivity index (χ2v) is 4.41. The molecule has 0 aromatic carbocycles. The number of halogens is 1. The number of allylic oxidation sites excluding steroid dienone is 3.